The van der Waals surface area contributed by atoms with E-state index in [0.29, 0.717) is 10.5 Å². The average Bonchev–Trinajstić information content (AvgIpc) is 2.32. The first kappa shape index (κ1) is 12.5. The fraction of sp³-hybridized carbons (Fsp3) is 0.0833. The summed E-state index contributed by atoms with van der Waals surface area (Å²) in [5, 5.41) is 9.90. The summed E-state index contributed by atoms with van der Waals surface area (Å²) in [6.45, 7) is -0.320. The van der Waals surface area contributed by atoms with Crippen LogP contribution in [0.1, 0.15) is 5.56 Å². The Morgan fingerprint density at radius 2 is 2.12 bits per heavy atom. The van der Waals surface area contributed by atoms with E-state index >= 15 is 0 Å². The van der Waals surface area contributed by atoms with Crippen molar-refractivity contribution < 1.29 is 9.50 Å². The van der Waals surface area contributed by atoms with Gasteiger partial charge in [0.25, 0.3) is 0 Å². The van der Waals surface area contributed by atoms with Gasteiger partial charge in [-0.25, -0.2) is 9.37 Å². The molecule has 0 spiro atoms. The Kier molecular flexibility index (Phi) is 4.15. The highest BCUT2D eigenvalue weighted by Crippen LogP contribution is 2.34. The van der Waals surface area contributed by atoms with Crippen LogP contribution in [0.5, 0.6) is 0 Å². The van der Waals surface area contributed by atoms with Crippen LogP contribution in [0, 0.1) is 5.82 Å². The Balaban J connectivity index is 2.37. The van der Waals surface area contributed by atoms with Crippen LogP contribution in [-0.4, -0.2) is 10.1 Å². The first-order valence-corrected chi connectivity index (χ1v) is 6.50. The molecule has 88 valence electrons. The number of nitrogens with zero attached hydrogens (tertiary/aromatic N) is 1. The third-order valence-corrected chi connectivity index (χ3v) is 4.19. The molecule has 1 aromatic heterocycles. The Morgan fingerprint density at radius 1 is 1.29 bits per heavy atom. The Labute approximate surface area is 111 Å². The van der Waals surface area contributed by atoms with Crippen molar-refractivity contribution in [3.8, 4) is 0 Å². The van der Waals surface area contributed by atoms with Crippen LogP contribution in [-0.2, 0) is 6.61 Å². The third-order valence-electron chi connectivity index (χ3n) is 2.17. The van der Waals surface area contributed by atoms with Crippen molar-refractivity contribution in [1.82, 2.24) is 4.98 Å². The number of aliphatic hydroxyl groups is 1. The number of rotatable bonds is 3. The molecular weight excluding hydrogens is 305 g/mol. The number of benzene rings is 1. The zero-order valence-corrected chi connectivity index (χ0v) is 11.1. The molecule has 0 fully saturated rings. The Morgan fingerprint density at radius 3 is 2.82 bits per heavy atom. The molecule has 17 heavy (non-hydrogen) atoms. The minimum atomic E-state index is -0.399. The van der Waals surface area contributed by atoms with Gasteiger partial charge in [-0.15, -0.1) is 0 Å². The maximum Gasteiger partial charge on any atom is 0.129 e. The molecule has 1 heterocycles. The molecule has 2 rings (SSSR count). The lowest BCUT2D eigenvalue weighted by Gasteiger charge is -2.08. The van der Waals surface area contributed by atoms with Crippen LogP contribution in [0.3, 0.4) is 0 Å². The summed E-state index contributed by atoms with van der Waals surface area (Å²) in [6, 6.07) is 8.40. The topological polar surface area (TPSA) is 33.1 Å². The number of hydrogen-bond donors (Lipinski definition) is 1. The van der Waals surface area contributed by atoms with Crippen molar-refractivity contribution in [3.63, 3.8) is 0 Å². The van der Waals surface area contributed by atoms with Crippen molar-refractivity contribution in [2.75, 3.05) is 0 Å². The van der Waals surface area contributed by atoms with E-state index in [9.17, 15) is 4.39 Å². The van der Waals surface area contributed by atoms with Crippen molar-refractivity contribution in [3.05, 3.63) is 52.4 Å². The Bertz CT molecular complexity index is 536. The molecule has 0 amide bonds. The second-order valence-corrected chi connectivity index (χ2v) is 5.15. The smallest absolute Gasteiger partial charge is 0.129 e. The van der Waals surface area contributed by atoms with Gasteiger partial charge in [0.1, 0.15) is 10.8 Å². The normalized spacial score (nSPS) is 10.5. The lowest BCUT2D eigenvalue weighted by molar-refractivity contribution is 0.272. The molecule has 1 N–H and O–H groups in total. The lowest BCUT2D eigenvalue weighted by Crippen LogP contribution is -1.93. The molecule has 2 aromatic rings. The molecular formula is C12H9BrFNOS. The van der Waals surface area contributed by atoms with Gasteiger partial charge in [0.05, 0.1) is 11.1 Å². The third kappa shape index (κ3) is 2.86. The summed E-state index contributed by atoms with van der Waals surface area (Å²) in [6.07, 6.45) is 1.67. The van der Waals surface area contributed by atoms with E-state index in [1.54, 1.807) is 18.3 Å². The molecule has 0 bridgehead atoms. The largest absolute Gasteiger partial charge is 0.392 e. The molecule has 5 heteroatoms. The van der Waals surface area contributed by atoms with Gasteiger partial charge in [-0.2, -0.15) is 0 Å². The van der Waals surface area contributed by atoms with Gasteiger partial charge in [0, 0.05) is 16.7 Å². The lowest BCUT2D eigenvalue weighted by atomic mass is 10.2. The first-order chi connectivity index (χ1) is 8.22. The monoisotopic (exact) mass is 313 g/mol. The number of aromatic nitrogens is 1. The average molecular weight is 314 g/mol. The van der Waals surface area contributed by atoms with Gasteiger partial charge in [-0.1, -0.05) is 17.8 Å². The van der Waals surface area contributed by atoms with Crippen LogP contribution in [0.2, 0.25) is 0 Å². The number of halogens is 2. The van der Waals surface area contributed by atoms with E-state index < -0.39 is 5.82 Å². The molecule has 0 atom stereocenters. The molecule has 0 radical (unpaired) electrons. The molecule has 0 saturated heterocycles. The standard InChI is InChI=1S/C12H9BrFNOS/c13-9-3-2-6-15-12(9)17-11-5-1-4-10(14)8(11)7-16/h1-6,16H,7H2. The van der Waals surface area contributed by atoms with E-state index in [2.05, 4.69) is 20.9 Å². The van der Waals surface area contributed by atoms with Gasteiger partial charge >= 0.3 is 0 Å². The fourth-order valence-electron chi connectivity index (χ4n) is 1.34. The summed E-state index contributed by atoms with van der Waals surface area (Å²) in [5.74, 6) is -0.399. The van der Waals surface area contributed by atoms with Gasteiger partial charge in [0.15, 0.2) is 0 Å². The van der Waals surface area contributed by atoms with E-state index in [0.717, 1.165) is 9.50 Å². The van der Waals surface area contributed by atoms with E-state index in [-0.39, 0.29) is 6.61 Å². The zero-order valence-electron chi connectivity index (χ0n) is 8.73. The van der Waals surface area contributed by atoms with Crippen molar-refractivity contribution in [1.29, 1.82) is 0 Å². The van der Waals surface area contributed by atoms with E-state index in [4.69, 9.17) is 5.11 Å². The molecule has 2 nitrogen and oxygen atoms in total. The number of hydrogen-bond acceptors (Lipinski definition) is 3. The zero-order chi connectivity index (χ0) is 12.3. The molecule has 0 unspecified atom stereocenters. The number of pyridine rings is 1. The second-order valence-electron chi connectivity index (χ2n) is 3.27. The summed E-state index contributed by atoms with van der Waals surface area (Å²) < 4.78 is 14.3. The highest BCUT2D eigenvalue weighted by molar-refractivity contribution is 9.10. The quantitative estimate of drug-likeness (QED) is 0.939. The van der Waals surface area contributed by atoms with Gasteiger partial charge in [-0.3, -0.25) is 0 Å². The summed E-state index contributed by atoms with van der Waals surface area (Å²) >= 11 is 4.70. The second kappa shape index (κ2) is 5.62. The van der Waals surface area contributed by atoms with Gasteiger partial charge < -0.3 is 5.11 Å². The van der Waals surface area contributed by atoms with Crippen molar-refractivity contribution >= 4 is 27.7 Å². The maximum atomic E-state index is 13.4. The van der Waals surface area contributed by atoms with Gasteiger partial charge in [-0.05, 0) is 40.2 Å². The van der Waals surface area contributed by atoms with E-state index in [1.807, 2.05) is 12.1 Å². The number of aliphatic hydroxyl groups excluding tert-OH is 1. The molecule has 1 aromatic carbocycles. The summed E-state index contributed by atoms with van der Waals surface area (Å²) in [5.41, 5.74) is 0.301. The fourth-order valence-corrected chi connectivity index (χ4v) is 2.76. The SMILES string of the molecule is OCc1c(F)cccc1Sc1ncccc1Br. The van der Waals surface area contributed by atoms with E-state index in [1.165, 1.54) is 17.8 Å². The van der Waals surface area contributed by atoms with Crippen LogP contribution >= 0.6 is 27.7 Å². The molecule has 0 aliphatic rings. The van der Waals surface area contributed by atoms with Crippen LogP contribution < -0.4 is 0 Å². The van der Waals surface area contributed by atoms with Crippen LogP contribution in [0.15, 0.2) is 50.9 Å². The molecule has 0 aliphatic carbocycles. The van der Waals surface area contributed by atoms with Gasteiger partial charge in [0.2, 0.25) is 0 Å². The molecule has 0 aliphatic heterocycles. The highest BCUT2D eigenvalue weighted by Gasteiger charge is 2.10. The van der Waals surface area contributed by atoms with Crippen molar-refractivity contribution in [2.45, 2.75) is 16.5 Å². The summed E-state index contributed by atoms with van der Waals surface area (Å²) in [7, 11) is 0. The first-order valence-electron chi connectivity index (χ1n) is 4.89. The minimum Gasteiger partial charge on any atom is -0.392 e. The predicted molar refractivity (Wildman–Crippen MR) is 68.4 cm³/mol. The Hall–Kier alpha value is -0.910. The highest BCUT2D eigenvalue weighted by atomic mass is 79.9. The predicted octanol–water partition coefficient (Wildman–Crippen LogP) is 3.63. The van der Waals surface area contributed by atoms with Crippen LogP contribution in [0.25, 0.3) is 0 Å². The summed E-state index contributed by atoms with van der Waals surface area (Å²) in [4.78, 5) is 4.86. The van der Waals surface area contributed by atoms with Crippen molar-refractivity contribution in [2.24, 2.45) is 0 Å². The van der Waals surface area contributed by atoms with Crippen LogP contribution in [0.4, 0.5) is 4.39 Å². The maximum absolute atomic E-state index is 13.4. The molecule has 0 saturated carbocycles. The minimum absolute atomic E-state index is 0.301.